The van der Waals surface area contributed by atoms with Gasteiger partial charge >= 0.3 is 6.18 Å². The number of rotatable bonds is 3. The van der Waals surface area contributed by atoms with E-state index in [2.05, 4.69) is 0 Å². The van der Waals surface area contributed by atoms with E-state index in [-0.39, 0.29) is 5.92 Å². The number of hydrogen-bond donors (Lipinski definition) is 0. The third-order valence-electron chi connectivity index (χ3n) is 2.48. The molecule has 94 valence electrons. The molecule has 0 aliphatic rings. The fraction of sp³-hybridized carbons (Fsp3) is 0.417. The van der Waals surface area contributed by atoms with Gasteiger partial charge in [0.05, 0.1) is 11.5 Å². The van der Waals surface area contributed by atoms with Crippen LogP contribution in [0.15, 0.2) is 24.3 Å². The van der Waals surface area contributed by atoms with Crippen molar-refractivity contribution in [3.8, 4) is 0 Å². The standard InChI is InChI=1S/C12H12ClF3O/c1-7(2)10(11(13)17)8-4-3-5-9(6-8)12(14,15)16/h3-7,10H,1-2H3. The number of hydrogen-bond acceptors (Lipinski definition) is 1. The highest BCUT2D eigenvalue weighted by molar-refractivity contribution is 6.64. The Morgan fingerprint density at radius 2 is 1.88 bits per heavy atom. The van der Waals surface area contributed by atoms with Gasteiger partial charge in [0.1, 0.15) is 0 Å². The average molecular weight is 265 g/mol. The molecule has 0 saturated carbocycles. The summed E-state index contributed by atoms with van der Waals surface area (Å²) in [5.41, 5.74) is -0.464. The van der Waals surface area contributed by atoms with Crippen LogP contribution in [0.4, 0.5) is 13.2 Å². The largest absolute Gasteiger partial charge is 0.416 e. The molecule has 0 aliphatic carbocycles. The summed E-state index contributed by atoms with van der Waals surface area (Å²) < 4.78 is 37.5. The first-order chi connectivity index (χ1) is 7.73. The Hall–Kier alpha value is -1.03. The van der Waals surface area contributed by atoms with Crippen LogP contribution < -0.4 is 0 Å². The summed E-state index contributed by atoms with van der Waals surface area (Å²) in [7, 11) is 0. The van der Waals surface area contributed by atoms with Crippen LogP contribution in [-0.2, 0) is 11.0 Å². The molecule has 0 fully saturated rings. The van der Waals surface area contributed by atoms with Crippen LogP contribution >= 0.6 is 11.6 Å². The molecule has 0 N–H and O–H groups in total. The molecule has 5 heteroatoms. The first kappa shape index (κ1) is 14.0. The van der Waals surface area contributed by atoms with Crippen molar-refractivity contribution in [3.63, 3.8) is 0 Å². The molecule has 1 aromatic rings. The van der Waals surface area contributed by atoms with Gasteiger partial charge in [0.25, 0.3) is 0 Å². The molecule has 1 aromatic carbocycles. The zero-order valence-corrected chi connectivity index (χ0v) is 10.1. The zero-order chi connectivity index (χ0) is 13.2. The SMILES string of the molecule is CC(C)C(C(=O)Cl)c1cccc(C(F)(F)F)c1. The van der Waals surface area contributed by atoms with E-state index in [0.29, 0.717) is 5.56 Å². The normalized spacial score (nSPS) is 13.8. The predicted molar refractivity (Wildman–Crippen MR) is 59.9 cm³/mol. The lowest BCUT2D eigenvalue weighted by Crippen LogP contribution is -2.15. The number of carbonyl (C=O) groups excluding carboxylic acids is 1. The Morgan fingerprint density at radius 1 is 1.29 bits per heavy atom. The first-order valence-corrected chi connectivity index (χ1v) is 5.47. The van der Waals surface area contributed by atoms with Gasteiger partial charge in [-0.05, 0) is 29.1 Å². The van der Waals surface area contributed by atoms with E-state index in [4.69, 9.17) is 11.6 Å². The summed E-state index contributed by atoms with van der Waals surface area (Å²) in [6, 6.07) is 4.72. The Labute approximate surface area is 103 Å². The second kappa shape index (κ2) is 5.08. The fourth-order valence-corrected chi connectivity index (χ4v) is 2.06. The third-order valence-corrected chi connectivity index (χ3v) is 2.72. The molecule has 1 unspecified atom stereocenters. The number of halogens is 4. The number of benzene rings is 1. The zero-order valence-electron chi connectivity index (χ0n) is 9.38. The van der Waals surface area contributed by atoms with Crippen molar-refractivity contribution in [2.75, 3.05) is 0 Å². The molecule has 0 saturated heterocycles. The Morgan fingerprint density at radius 3 is 2.29 bits per heavy atom. The van der Waals surface area contributed by atoms with Crippen LogP contribution in [-0.4, -0.2) is 5.24 Å². The molecule has 0 aromatic heterocycles. The minimum absolute atomic E-state index is 0.150. The van der Waals surface area contributed by atoms with Gasteiger partial charge in [-0.25, -0.2) is 0 Å². The lowest BCUT2D eigenvalue weighted by atomic mass is 9.89. The van der Waals surface area contributed by atoms with Crippen molar-refractivity contribution in [3.05, 3.63) is 35.4 Å². The van der Waals surface area contributed by atoms with Gasteiger partial charge in [-0.2, -0.15) is 13.2 Å². The Bertz CT molecular complexity index is 412. The Balaban J connectivity index is 3.18. The third kappa shape index (κ3) is 3.46. The monoisotopic (exact) mass is 264 g/mol. The van der Waals surface area contributed by atoms with Gasteiger partial charge in [-0.3, -0.25) is 4.79 Å². The van der Waals surface area contributed by atoms with E-state index in [1.807, 2.05) is 0 Å². The van der Waals surface area contributed by atoms with E-state index >= 15 is 0 Å². The minimum atomic E-state index is -4.41. The summed E-state index contributed by atoms with van der Waals surface area (Å²) in [5, 5.41) is -0.640. The maximum Gasteiger partial charge on any atom is 0.416 e. The van der Waals surface area contributed by atoms with Crippen molar-refractivity contribution < 1.29 is 18.0 Å². The summed E-state index contributed by atoms with van der Waals surface area (Å²) in [4.78, 5) is 11.2. The molecular formula is C12H12ClF3O. The molecule has 1 nitrogen and oxygen atoms in total. The molecule has 0 aliphatic heterocycles. The Kier molecular flexibility index (Phi) is 4.20. The van der Waals surface area contributed by atoms with Crippen molar-refractivity contribution in [2.45, 2.75) is 25.9 Å². The highest BCUT2D eigenvalue weighted by Crippen LogP contribution is 2.33. The van der Waals surface area contributed by atoms with Crippen LogP contribution in [0.25, 0.3) is 0 Å². The second-order valence-corrected chi connectivity index (χ2v) is 4.52. The highest BCUT2D eigenvalue weighted by atomic mass is 35.5. The van der Waals surface area contributed by atoms with Crippen molar-refractivity contribution in [1.82, 2.24) is 0 Å². The average Bonchev–Trinajstić information content (AvgIpc) is 2.15. The van der Waals surface area contributed by atoms with Crippen molar-refractivity contribution in [1.29, 1.82) is 0 Å². The van der Waals surface area contributed by atoms with E-state index in [9.17, 15) is 18.0 Å². The lowest BCUT2D eigenvalue weighted by Gasteiger charge is -2.18. The van der Waals surface area contributed by atoms with Gasteiger partial charge in [-0.1, -0.05) is 32.0 Å². The fourth-order valence-electron chi connectivity index (χ4n) is 1.69. The second-order valence-electron chi connectivity index (χ2n) is 4.15. The lowest BCUT2D eigenvalue weighted by molar-refractivity contribution is -0.137. The maximum absolute atomic E-state index is 12.5. The molecule has 0 bridgehead atoms. The van der Waals surface area contributed by atoms with Crippen LogP contribution in [0, 0.1) is 5.92 Å². The molecule has 0 radical (unpaired) electrons. The van der Waals surface area contributed by atoms with Crippen molar-refractivity contribution >= 4 is 16.8 Å². The van der Waals surface area contributed by atoms with Crippen LogP contribution in [0.3, 0.4) is 0 Å². The van der Waals surface area contributed by atoms with Gasteiger partial charge in [0.15, 0.2) is 0 Å². The van der Waals surface area contributed by atoms with Crippen LogP contribution in [0.5, 0.6) is 0 Å². The quantitative estimate of drug-likeness (QED) is 0.748. The first-order valence-electron chi connectivity index (χ1n) is 5.10. The summed E-state index contributed by atoms with van der Waals surface area (Å²) >= 11 is 5.42. The maximum atomic E-state index is 12.5. The molecule has 17 heavy (non-hydrogen) atoms. The molecular weight excluding hydrogens is 253 g/mol. The predicted octanol–water partition coefficient (Wildman–Crippen LogP) is 4.21. The number of alkyl halides is 3. The van der Waals surface area contributed by atoms with Crippen LogP contribution in [0.1, 0.15) is 30.9 Å². The van der Waals surface area contributed by atoms with Gasteiger partial charge < -0.3 is 0 Å². The summed E-state index contributed by atoms with van der Waals surface area (Å²) in [5.74, 6) is -0.859. The molecule has 1 rings (SSSR count). The topological polar surface area (TPSA) is 17.1 Å². The smallest absolute Gasteiger partial charge is 0.281 e. The van der Waals surface area contributed by atoms with Gasteiger partial charge in [0.2, 0.25) is 5.24 Å². The van der Waals surface area contributed by atoms with E-state index < -0.39 is 22.9 Å². The number of carbonyl (C=O) groups is 1. The van der Waals surface area contributed by atoms with Crippen molar-refractivity contribution in [2.24, 2.45) is 5.92 Å². The van der Waals surface area contributed by atoms with E-state index in [1.165, 1.54) is 12.1 Å². The van der Waals surface area contributed by atoms with E-state index in [1.54, 1.807) is 13.8 Å². The highest BCUT2D eigenvalue weighted by Gasteiger charge is 2.32. The van der Waals surface area contributed by atoms with E-state index in [0.717, 1.165) is 12.1 Å². The molecule has 0 amide bonds. The molecule has 0 heterocycles. The minimum Gasteiger partial charge on any atom is -0.281 e. The molecule has 0 spiro atoms. The van der Waals surface area contributed by atoms with Gasteiger partial charge in [0, 0.05) is 0 Å². The summed E-state index contributed by atoms with van der Waals surface area (Å²) in [6.07, 6.45) is -4.41. The van der Waals surface area contributed by atoms with Gasteiger partial charge in [-0.15, -0.1) is 0 Å². The summed E-state index contributed by atoms with van der Waals surface area (Å²) in [6.45, 7) is 3.48. The van der Waals surface area contributed by atoms with Crippen LogP contribution in [0.2, 0.25) is 0 Å². The molecule has 1 atom stereocenters.